The van der Waals surface area contributed by atoms with E-state index in [9.17, 15) is 14.0 Å². The largest absolute Gasteiger partial charge is 0.364 e. The maximum Gasteiger partial charge on any atom is 0.273 e. The molecule has 0 unspecified atom stereocenters. The van der Waals surface area contributed by atoms with Crippen molar-refractivity contribution in [2.45, 2.75) is 31.7 Å². The maximum atomic E-state index is 13.9. The molecule has 1 aromatic carbocycles. The lowest BCUT2D eigenvalue weighted by molar-refractivity contribution is -0.120. The molecular weight excluding hydrogens is 387 g/mol. The summed E-state index contributed by atoms with van der Waals surface area (Å²) in [7, 11) is 0. The molecule has 0 aliphatic heterocycles. The number of nitrogens with one attached hydrogen (secondary N) is 2. The van der Waals surface area contributed by atoms with Crippen molar-refractivity contribution in [1.82, 2.24) is 15.5 Å². The number of aromatic nitrogens is 2. The monoisotopic (exact) mass is 408 g/mol. The summed E-state index contributed by atoms with van der Waals surface area (Å²) in [5, 5.41) is 9.37. The molecule has 0 radical (unpaired) electrons. The summed E-state index contributed by atoms with van der Waals surface area (Å²) in [6.45, 7) is 0. The normalized spacial score (nSPS) is 18.6. The number of rotatable bonds is 5. The Balaban J connectivity index is 1.29. The SMILES string of the molecule is O=C(NC1CCC(C(=O)Nc2ccc(-c3ccccc3F)cn2)CC1)c1ccon1. The molecule has 2 amide bonds. The molecule has 30 heavy (non-hydrogen) atoms. The van der Waals surface area contributed by atoms with Crippen LogP contribution < -0.4 is 10.6 Å². The molecule has 154 valence electrons. The number of carbonyl (C=O) groups excluding carboxylic acids is 2. The Labute approximate surface area is 172 Å². The van der Waals surface area contributed by atoms with E-state index in [1.165, 1.54) is 18.4 Å². The summed E-state index contributed by atoms with van der Waals surface area (Å²) >= 11 is 0. The van der Waals surface area contributed by atoms with E-state index in [2.05, 4.69) is 25.3 Å². The van der Waals surface area contributed by atoms with Gasteiger partial charge in [-0.1, -0.05) is 23.4 Å². The van der Waals surface area contributed by atoms with Gasteiger partial charge in [0.25, 0.3) is 5.91 Å². The van der Waals surface area contributed by atoms with Crippen LogP contribution in [0.4, 0.5) is 10.2 Å². The van der Waals surface area contributed by atoms with E-state index in [4.69, 9.17) is 0 Å². The van der Waals surface area contributed by atoms with Gasteiger partial charge < -0.3 is 15.2 Å². The van der Waals surface area contributed by atoms with Crippen LogP contribution in [0.5, 0.6) is 0 Å². The third-order valence-electron chi connectivity index (χ3n) is 5.30. The van der Waals surface area contributed by atoms with Gasteiger partial charge in [0.1, 0.15) is 17.9 Å². The Morgan fingerprint density at radius 1 is 1.03 bits per heavy atom. The van der Waals surface area contributed by atoms with Crippen LogP contribution in [0.3, 0.4) is 0 Å². The van der Waals surface area contributed by atoms with Gasteiger partial charge in [0.2, 0.25) is 5.91 Å². The minimum Gasteiger partial charge on any atom is -0.364 e. The van der Waals surface area contributed by atoms with Crippen LogP contribution in [0.25, 0.3) is 11.1 Å². The molecule has 1 saturated carbocycles. The van der Waals surface area contributed by atoms with Crippen molar-refractivity contribution in [3.63, 3.8) is 0 Å². The van der Waals surface area contributed by atoms with Crippen LogP contribution in [0, 0.1) is 11.7 Å². The van der Waals surface area contributed by atoms with E-state index in [0.29, 0.717) is 42.6 Å². The van der Waals surface area contributed by atoms with Crippen LogP contribution in [0.2, 0.25) is 0 Å². The predicted octanol–water partition coefficient (Wildman–Crippen LogP) is 3.80. The number of hydrogen-bond acceptors (Lipinski definition) is 5. The molecule has 8 heteroatoms. The highest BCUT2D eigenvalue weighted by molar-refractivity contribution is 5.93. The number of nitrogens with zero attached hydrogens (tertiary/aromatic N) is 2. The van der Waals surface area contributed by atoms with Gasteiger partial charge in [-0.2, -0.15) is 0 Å². The molecule has 4 rings (SSSR count). The molecule has 1 fully saturated rings. The van der Waals surface area contributed by atoms with Crippen LogP contribution >= 0.6 is 0 Å². The molecule has 3 aromatic rings. The van der Waals surface area contributed by atoms with Gasteiger partial charge in [0.15, 0.2) is 5.69 Å². The van der Waals surface area contributed by atoms with Gasteiger partial charge >= 0.3 is 0 Å². The molecule has 0 bridgehead atoms. The zero-order valence-corrected chi connectivity index (χ0v) is 16.2. The van der Waals surface area contributed by atoms with E-state index in [0.717, 1.165) is 0 Å². The average molecular weight is 408 g/mol. The first-order valence-corrected chi connectivity index (χ1v) is 9.83. The molecule has 0 spiro atoms. The highest BCUT2D eigenvalue weighted by Crippen LogP contribution is 2.26. The highest BCUT2D eigenvalue weighted by Gasteiger charge is 2.28. The zero-order chi connectivity index (χ0) is 20.9. The molecule has 0 atom stereocenters. The topological polar surface area (TPSA) is 97.1 Å². The first-order valence-electron chi connectivity index (χ1n) is 9.83. The Morgan fingerprint density at radius 3 is 2.50 bits per heavy atom. The average Bonchev–Trinajstić information content (AvgIpc) is 3.30. The zero-order valence-electron chi connectivity index (χ0n) is 16.2. The maximum absolute atomic E-state index is 13.9. The second-order valence-corrected chi connectivity index (χ2v) is 7.31. The summed E-state index contributed by atoms with van der Waals surface area (Å²) in [6.07, 6.45) is 5.66. The van der Waals surface area contributed by atoms with Crippen molar-refractivity contribution < 1.29 is 18.5 Å². The Bertz CT molecular complexity index is 1010. The molecule has 2 N–H and O–H groups in total. The van der Waals surface area contributed by atoms with Gasteiger partial charge in [-0.3, -0.25) is 9.59 Å². The minimum absolute atomic E-state index is 0.0106. The van der Waals surface area contributed by atoms with Crippen molar-refractivity contribution in [2.24, 2.45) is 5.92 Å². The van der Waals surface area contributed by atoms with Gasteiger partial charge in [-0.05, 0) is 43.9 Å². The lowest BCUT2D eigenvalue weighted by Gasteiger charge is -2.28. The number of pyridine rings is 1. The van der Waals surface area contributed by atoms with Crippen molar-refractivity contribution in [3.8, 4) is 11.1 Å². The number of halogens is 1. The first-order chi connectivity index (χ1) is 14.6. The fourth-order valence-corrected chi connectivity index (χ4v) is 3.64. The van der Waals surface area contributed by atoms with Crippen LogP contribution in [-0.2, 0) is 4.79 Å². The van der Waals surface area contributed by atoms with Gasteiger partial charge in [-0.15, -0.1) is 0 Å². The summed E-state index contributed by atoms with van der Waals surface area (Å²) in [5.41, 5.74) is 1.36. The summed E-state index contributed by atoms with van der Waals surface area (Å²) < 4.78 is 18.6. The number of amides is 2. The highest BCUT2D eigenvalue weighted by atomic mass is 19.1. The lowest BCUT2D eigenvalue weighted by Crippen LogP contribution is -2.39. The van der Waals surface area contributed by atoms with E-state index in [-0.39, 0.29) is 35.3 Å². The number of carbonyl (C=O) groups is 2. The predicted molar refractivity (Wildman–Crippen MR) is 108 cm³/mol. The molecule has 2 aromatic heterocycles. The van der Waals surface area contributed by atoms with Crippen molar-refractivity contribution >= 4 is 17.6 Å². The number of benzene rings is 1. The minimum atomic E-state index is -0.316. The lowest BCUT2D eigenvalue weighted by atomic mass is 9.85. The number of anilines is 1. The van der Waals surface area contributed by atoms with E-state index < -0.39 is 0 Å². The van der Waals surface area contributed by atoms with E-state index >= 15 is 0 Å². The summed E-state index contributed by atoms with van der Waals surface area (Å²) in [5.74, 6) is -0.388. The summed E-state index contributed by atoms with van der Waals surface area (Å²) in [4.78, 5) is 28.9. The number of hydrogen-bond donors (Lipinski definition) is 2. The Morgan fingerprint density at radius 2 is 1.83 bits per heavy atom. The fourth-order valence-electron chi connectivity index (χ4n) is 3.64. The standard InChI is InChI=1S/C22H21FN4O3/c23-18-4-2-1-3-17(18)15-7-10-20(24-13-15)26-21(28)14-5-8-16(9-6-14)25-22(29)19-11-12-30-27-19/h1-4,7,10-14,16H,5-6,8-9H2,(H,25,29)(H,24,26,28). The van der Waals surface area contributed by atoms with Gasteiger partial charge in [0, 0.05) is 35.3 Å². The molecule has 0 saturated heterocycles. The molecule has 7 nitrogen and oxygen atoms in total. The van der Waals surface area contributed by atoms with Crippen LogP contribution in [0.15, 0.2) is 59.4 Å². The Kier molecular flexibility index (Phi) is 5.83. The first kappa shape index (κ1) is 19.8. The second kappa shape index (κ2) is 8.86. The molecule has 2 heterocycles. The van der Waals surface area contributed by atoms with E-state index in [1.54, 1.807) is 36.5 Å². The fraction of sp³-hybridized carbons (Fsp3) is 0.273. The summed E-state index contributed by atoms with van der Waals surface area (Å²) in [6, 6.07) is 11.4. The Hall–Kier alpha value is -3.55. The third kappa shape index (κ3) is 4.53. The van der Waals surface area contributed by atoms with Crippen molar-refractivity contribution in [3.05, 3.63) is 66.4 Å². The van der Waals surface area contributed by atoms with Gasteiger partial charge in [0.05, 0.1) is 0 Å². The molecular formula is C22H21FN4O3. The van der Waals surface area contributed by atoms with E-state index in [1.807, 2.05) is 0 Å². The third-order valence-corrected chi connectivity index (χ3v) is 5.30. The van der Waals surface area contributed by atoms with Gasteiger partial charge in [-0.25, -0.2) is 9.37 Å². The smallest absolute Gasteiger partial charge is 0.273 e. The molecule has 1 aliphatic rings. The van der Waals surface area contributed by atoms with Crippen molar-refractivity contribution in [2.75, 3.05) is 5.32 Å². The molecule has 1 aliphatic carbocycles. The van der Waals surface area contributed by atoms with Crippen LogP contribution in [-0.4, -0.2) is 28.0 Å². The quantitative estimate of drug-likeness (QED) is 0.669. The van der Waals surface area contributed by atoms with Crippen LogP contribution in [0.1, 0.15) is 36.2 Å². The van der Waals surface area contributed by atoms with Crippen molar-refractivity contribution in [1.29, 1.82) is 0 Å². The second-order valence-electron chi connectivity index (χ2n) is 7.31.